The molecule has 0 aromatic rings. The van der Waals surface area contributed by atoms with Gasteiger partial charge in [-0.3, -0.25) is 10.1 Å². The van der Waals surface area contributed by atoms with E-state index in [-0.39, 0.29) is 4.92 Å². The van der Waals surface area contributed by atoms with Crippen LogP contribution in [0.3, 0.4) is 0 Å². The lowest BCUT2D eigenvalue weighted by molar-refractivity contribution is -0.555. The molecule has 2 N–H and O–H groups in total. The summed E-state index contributed by atoms with van der Waals surface area (Å²) < 4.78 is 0. The van der Waals surface area contributed by atoms with E-state index in [1.165, 1.54) is 7.05 Å². The van der Waals surface area contributed by atoms with E-state index < -0.39 is 5.54 Å². The van der Waals surface area contributed by atoms with Crippen LogP contribution in [0.25, 0.3) is 0 Å². The lowest BCUT2D eigenvalue weighted by atomic mass is 10.1. The molecule has 0 unspecified atom stereocenters. The molecule has 0 radical (unpaired) electrons. The minimum absolute atomic E-state index is 0.312. The first-order valence-corrected chi connectivity index (χ1v) is 2.67. The molecule has 4 heteroatoms. The number of hydrogen-bond acceptors (Lipinski definition) is 3. The molecular formula is C5H14N2O2. The lowest BCUT2D eigenvalue weighted by Gasteiger charge is -2.05. The fourth-order valence-electron chi connectivity index (χ4n) is 0. The van der Waals surface area contributed by atoms with Crippen molar-refractivity contribution in [2.75, 3.05) is 7.05 Å². The summed E-state index contributed by atoms with van der Waals surface area (Å²) in [5, 5.41) is 9.83. The SMILES string of the molecule is CC(C)(C)[N+](=O)[O-].CN. The number of nitro groups is 1. The highest BCUT2D eigenvalue weighted by Crippen LogP contribution is 2.02. The van der Waals surface area contributed by atoms with Gasteiger partial charge in [0.15, 0.2) is 0 Å². The van der Waals surface area contributed by atoms with Gasteiger partial charge in [-0.15, -0.1) is 0 Å². The third-order valence-electron chi connectivity index (χ3n) is 0.548. The quantitative estimate of drug-likeness (QED) is 0.390. The number of nitrogens with two attached hydrogens (primary N) is 1. The molecule has 0 atom stereocenters. The fourth-order valence-corrected chi connectivity index (χ4v) is 0. The average Bonchev–Trinajstić information content (AvgIpc) is 1.69. The van der Waals surface area contributed by atoms with Crippen molar-refractivity contribution >= 4 is 0 Å². The molecule has 0 bridgehead atoms. The predicted octanol–water partition coefficient (Wildman–Crippen LogP) is 0.637. The first kappa shape index (κ1) is 11.2. The highest BCUT2D eigenvalue weighted by Gasteiger charge is 2.21. The maximum absolute atomic E-state index is 9.83. The van der Waals surface area contributed by atoms with Gasteiger partial charge in [0.05, 0.1) is 0 Å². The van der Waals surface area contributed by atoms with E-state index >= 15 is 0 Å². The van der Waals surface area contributed by atoms with Gasteiger partial charge in [0.1, 0.15) is 0 Å². The molecule has 0 rings (SSSR count). The van der Waals surface area contributed by atoms with Crippen molar-refractivity contribution in [1.82, 2.24) is 0 Å². The van der Waals surface area contributed by atoms with Gasteiger partial charge in [0, 0.05) is 25.7 Å². The van der Waals surface area contributed by atoms with Crippen molar-refractivity contribution < 1.29 is 4.92 Å². The number of rotatable bonds is 0. The summed E-state index contributed by atoms with van der Waals surface area (Å²) in [6.07, 6.45) is 0. The minimum atomic E-state index is -0.778. The molecule has 0 fully saturated rings. The van der Waals surface area contributed by atoms with E-state index in [9.17, 15) is 10.1 Å². The minimum Gasteiger partial charge on any atom is -0.333 e. The maximum atomic E-state index is 9.83. The van der Waals surface area contributed by atoms with E-state index in [2.05, 4.69) is 5.73 Å². The van der Waals surface area contributed by atoms with Gasteiger partial charge in [-0.2, -0.15) is 0 Å². The predicted molar refractivity (Wildman–Crippen MR) is 36.9 cm³/mol. The molecule has 0 saturated carbocycles. The summed E-state index contributed by atoms with van der Waals surface area (Å²) in [7, 11) is 1.50. The molecule has 0 aromatic heterocycles. The van der Waals surface area contributed by atoms with Crippen LogP contribution in [0.1, 0.15) is 20.8 Å². The first-order valence-electron chi connectivity index (χ1n) is 2.67. The molecule has 0 aromatic carbocycles. The van der Waals surface area contributed by atoms with Crippen molar-refractivity contribution in [1.29, 1.82) is 0 Å². The highest BCUT2D eigenvalue weighted by atomic mass is 16.6. The molecule has 9 heavy (non-hydrogen) atoms. The van der Waals surface area contributed by atoms with Crippen molar-refractivity contribution in [3.05, 3.63) is 10.1 Å². The highest BCUT2D eigenvalue weighted by molar-refractivity contribution is 4.54. The molecule has 0 aliphatic carbocycles. The standard InChI is InChI=1S/C4H9NO2.CH5N/c1-4(2,3)5(6)7;1-2/h1-3H3;2H2,1H3. The Kier molecular flexibility index (Phi) is 5.30. The van der Waals surface area contributed by atoms with Crippen molar-refractivity contribution in [3.63, 3.8) is 0 Å². The van der Waals surface area contributed by atoms with Crippen molar-refractivity contribution in [3.8, 4) is 0 Å². The number of hydrogen-bond donors (Lipinski definition) is 1. The van der Waals surface area contributed by atoms with Gasteiger partial charge in [-0.05, 0) is 7.05 Å². The zero-order valence-corrected chi connectivity index (χ0v) is 6.34. The third kappa shape index (κ3) is 7.36. The fraction of sp³-hybridized carbons (Fsp3) is 1.00. The molecule has 0 aliphatic rings. The molecule has 0 aliphatic heterocycles. The molecular weight excluding hydrogens is 120 g/mol. The zero-order valence-electron chi connectivity index (χ0n) is 6.34. The largest absolute Gasteiger partial charge is 0.333 e. The first-order chi connectivity index (χ1) is 3.94. The van der Waals surface area contributed by atoms with Crippen LogP contribution < -0.4 is 5.73 Å². The second kappa shape index (κ2) is 4.26. The van der Waals surface area contributed by atoms with Gasteiger partial charge in [-0.1, -0.05) is 0 Å². The van der Waals surface area contributed by atoms with Crippen molar-refractivity contribution in [2.24, 2.45) is 5.73 Å². The topological polar surface area (TPSA) is 69.2 Å². The third-order valence-corrected chi connectivity index (χ3v) is 0.548. The Morgan fingerprint density at radius 3 is 1.44 bits per heavy atom. The van der Waals surface area contributed by atoms with E-state index in [1.54, 1.807) is 20.8 Å². The van der Waals surface area contributed by atoms with Crippen molar-refractivity contribution in [2.45, 2.75) is 26.3 Å². The average molecular weight is 134 g/mol. The lowest BCUT2D eigenvalue weighted by Crippen LogP contribution is -2.25. The van der Waals surface area contributed by atoms with Crippen LogP contribution in [-0.4, -0.2) is 17.5 Å². The Morgan fingerprint density at radius 2 is 1.44 bits per heavy atom. The van der Waals surface area contributed by atoms with Crippen LogP contribution >= 0.6 is 0 Å². The molecule has 4 nitrogen and oxygen atoms in total. The summed E-state index contributed by atoms with van der Waals surface area (Å²) in [6.45, 7) is 4.69. The van der Waals surface area contributed by atoms with Crippen LogP contribution in [-0.2, 0) is 0 Å². The summed E-state index contributed by atoms with van der Waals surface area (Å²) >= 11 is 0. The maximum Gasteiger partial charge on any atom is 0.214 e. The van der Waals surface area contributed by atoms with E-state index in [0.717, 1.165) is 0 Å². The summed E-state index contributed by atoms with van der Waals surface area (Å²) in [5.41, 5.74) is 3.72. The molecule has 0 saturated heterocycles. The smallest absolute Gasteiger partial charge is 0.214 e. The second-order valence-corrected chi connectivity index (χ2v) is 2.43. The Labute approximate surface area is 55.2 Å². The summed E-state index contributed by atoms with van der Waals surface area (Å²) in [5.74, 6) is 0. The molecule has 0 heterocycles. The zero-order chi connectivity index (χ0) is 8.08. The second-order valence-electron chi connectivity index (χ2n) is 2.43. The van der Waals surface area contributed by atoms with E-state index in [4.69, 9.17) is 0 Å². The van der Waals surface area contributed by atoms with E-state index in [0.29, 0.717) is 0 Å². The number of nitrogens with zero attached hydrogens (tertiary/aromatic N) is 1. The summed E-state index contributed by atoms with van der Waals surface area (Å²) in [6, 6.07) is 0. The van der Waals surface area contributed by atoms with Crippen LogP contribution in [0.4, 0.5) is 0 Å². The molecule has 0 amide bonds. The Morgan fingerprint density at radius 1 is 1.33 bits per heavy atom. The van der Waals surface area contributed by atoms with Crippen LogP contribution in [0.5, 0.6) is 0 Å². The van der Waals surface area contributed by atoms with Gasteiger partial charge in [0.25, 0.3) is 0 Å². The van der Waals surface area contributed by atoms with E-state index in [1.807, 2.05) is 0 Å². The van der Waals surface area contributed by atoms with Gasteiger partial charge in [0.2, 0.25) is 5.54 Å². The Balaban J connectivity index is 0. The Bertz CT molecular complexity index is 85.4. The van der Waals surface area contributed by atoms with Crippen LogP contribution in [0.15, 0.2) is 0 Å². The van der Waals surface area contributed by atoms with Crippen LogP contribution in [0.2, 0.25) is 0 Å². The normalized spacial score (nSPS) is 9.44. The van der Waals surface area contributed by atoms with Crippen LogP contribution in [0, 0.1) is 10.1 Å². The molecule has 56 valence electrons. The van der Waals surface area contributed by atoms with Gasteiger partial charge >= 0.3 is 0 Å². The monoisotopic (exact) mass is 134 g/mol. The Hall–Kier alpha value is -0.640. The van der Waals surface area contributed by atoms with Gasteiger partial charge in [-0.25, -0.2) is 0 Å². The molecule has 0 spiro atoms. The van der Waals surface area contributed by atoms with Gasteiger partial charge < -0.3 is 5.73 Å². The summed E-state index contributed by atoms with van der Waals surface area (Å²) in [4.78, 5) is 9.51.